The van der Waals surface area contributed by atoms with Crippen molar-refractivity contribution >= 4 is 5.91 Å². The minimum absolute atomic E-state index is 0.0479. The van der Waals surface area contributed by atoms with E-state index in [9.17, 15) is 9.90 Å². The van der Waals surface area contributed by atoms with Gasteiger partial charge in [-0.05, 0) is 67.6 Å². The molecule has 10 nitrogen and oxygen atoms in total. The van der Waals surface area contributed by atoms with Crippen LogP contribution in [0.3, 0.4) is 0 Å². The molecule has 4 N–H and O–H groups in total. The maximum atomic E-state index is 13.4. The van der Waals surface area contributed by atoms with Gasteiger partial charge in [0.15, 0.2) is 11.5 Å². The summed E-state index contributed by atoms with van der Waals surface area (Å²) in [6.45, 7) is 17.1. The highest BCUT2D eigenvalue weighted by atomic mass is 16.5. The minimum atomic E-state index is -0.792. The van der Waals surface area contributed by atoms with Crippen LogP contribution >= 0.6 is 0 Å². The van der Waals surface area contributed by atoms with Crippen LogP contribution in [0.15, 0.2) is 24.4 Å². The predicted octanol–water partition coefficient (Wildman–Crippen LogP) is 5.44. The molecule has 0 unspecified atom stereocenters. The summed E-state index contributed by atoms with van der Waals surface area (Å²) < 4.78 is 18.5. The number of aliphatic hydroxyl groups is 1. The Hall–Kier alpha value is -2.69. The number of unbranched alkanes of at least 4 members (excludes halogenated alkanes) is 1. The van der Waals surface area contributed by atoms with Crippen molar-refractivity contribution in [3.63, 3.8) is 0 Å². The largest absolute Gasteiger partial charge is 0.493 e. The fourth-order valence-electron chi connectivity index (χ4n) is 5.70. The van der Waals surface area contributed by atoms with Crippen LogP contribution in [0.1, 0.15) is 91.8 Å². The van der Waals surface area contributed by atoms with Crippen molar-refractivity contribution < 1.29 is 24.1 Å². The minimum Gasteiger partial charge on any atom is -0.493 e. The molecule has 0 radical (unpaired) electrons. The number of aromatic nitrogens is 3. The normalized spacial score (nSPS) is 14.7. The predicted molar refractivity (Wildman–Crippen MR) is 184 cm³/mol. The molecule has 0 saturated carbocycles. The van der Waals surface area contributed by atoms with Crippen molar-refractivity contribution in [2.75, 3.05) is 34.0 Å². The molecular weight excluding hydrogens is 582 g/mol. The monoisotopic (exact) mass is 645 g/mol. The third-order valence-electron chi connectivity index (χ3n) is 8.83. The Kier molecular flexibility index (Phi) is 17.0. The molecule has 0 aliphatic heterocycles. The van der Waals surface area contributed by atoms with Gasteiger partial charge in [0.05, 0.1) is 25.5 Å². The first-order valence-corrected chi connectivity index (χ1v) is 17.2. The Bertz CT molecular complexity index is 1150. The molecule has 2 aromatic rings. The molecule has 1 aromatic carbocycles. The Balaban J connectivity index is 1.98. The number of nitrogens with one attached hydrogen (secondary N) is 1. The molecule has 4 atom stereocenters. The molecule has 0 bridgehead atoms. The number of methoxy groups -OCH3 is 2. The first kappa shape index (κ1) is 39.5. The average Bonchev–Trinajstić information content (AvgIpc) is 3.45. The van der Waals surface area contributed by atoms with Gasteiger partial charge >= 0.3 is 0 Å². The fourth-order valence-corrected chi connectivity index (χ4v) is 5.70. The molecule has 10 heteroatoms. The smallest absolute Gasteiger partial charge is 0.223 e. The third kappa shape index (κ3) is 13.6. The van der Waals surface area contributed by atoms with Gasteiger partial charge in [0, 0.05) is 56.8 Å². The van der Waals surface area contributed by atoms with Crippen molar-refractivity contribution in [3.05, 3.63) is 35.7 Å². The number of rotatable bonds is 23. The number of hydrogen-bond donors (Lipinski definition) is 3. The van der Waals surface area contributed by atoms with Gasteiger partial charge in [-0.3, -0.25) is 9.48 Å². The quantitative estimate of drug-likeness (QED) is 0.136. The van der Waals surface area contributed by atoms with Gasteiger partial charge in [-0.15, -0.1) is 5.10 Å². The molecule has 0 spiro atoms. The number of carbonyl (C=O) groups excluding carboxylic acids is 1. The number of carbonyl (C=O) groups is 1. The lowest BCUT2D eigenvalue weighted by molar-refractivity contribution is -0.128. The third-order valence-corrected chi connectivity index (χ3v) is 8.83. The van der Waals surface area contributed by atoms with Gasteiger partial charge in [-0.1, -0.05) is 66.2 Å². The highest BCUT2D eigenvalue weighted by Gasteiger charge is 2.31. The number of benzene rings is 1. The van der Waals surface area contributed by atoms with Crippen LogP contribution in [0.2, 0.25) is 0 Å². The Morgan fingerprint density at radius 2 is 1.80 bits per heavy atom. The van der Waals surface area contributed by atoms with Crippen LogP contribution < -0.4 is 20.5 Å². The lowest BCUT2D eigenvalue weighted by Crippen LogP contribution is -2.44. The van der Waals surface area contributed by atoms with Crippen molar-refractivity contribution in [2.24, 2.45) is 34.8 Å². The number of nitrogens with zero attached hydrogens (tertiary/aromatic N) is 3. The molecule has 1 aromatic heterocycles. The number of hydrogen-bond acceptors (Lipinski definition) is 8. The molecule has 0 saturated heterocycles. The lowest BCUT2D eigenvalue weighted by atomic mass is 9.80. The summed E-state index contributed by atoms with van der Waals surface area (Å²) in [6.07, 6.45) is 6.91. The second-order valence-electron chi connectivity index (χ2n) is 14.3. The van der Waals surface area contributed by atoms with Crippen LogP contribution in [-0.4, -0.2) is 72.1 Å². The summed E-state index contributed by atoms with van der Waals surface area (Å²) in [5.74, 6) is 1.68. The molecule has 0 aliphatic carbocycles. The topological polar surface area (TPSA) is 134 Å². The van der Waals surface area contributed by atoms with E-state index in [1.807, 2.05) is 36.9 Å². The Morgan fingerprint density at radius 1 is 1.07 bits per heavy atom. The molecule has 0 aliphatic rings. The van der Waals surface area contributed by atoms with Gasteiger partial charge in [-0.25, -0.2) is 0 Å². The number of ether oxygens (including phenoxy) is 3. The number of aliphatic hydroxyl groups excluding tert-OH is 1. The first-order valence-electron chi connectivity index (χ1n) is 17.2. The highest BCUT2D eigenvalue weighted by molar-refractivity contribution is 5.79. The van der Waals surface area contributed by atoms with Crippen molar-refractivity contribution in [3.8, 4) is 11.5 Å². The van der Waals surface area contributed by atoms with Crippen molar-refractivity contribution in [2.45, 2.75) is 112 Å². The van der Waals surface area contributed by atoms with E-state index in [4.69, 9.17) is 19.9 Å². The van der Waals surface area contributed by atoms with Crippen molar-refractivity contribution in [1.82, 2.24) is 20.3 Å². The zero-order valence-corrected chi connectivity index (χ0v) is 30.1. The van der Waals surface area contributed by atoms with Gasteiger partial charge < -0.3 is 30.4 Å². The second kappa shape index (κ2) is 19.9. The maximum Gasteiger partial charge on any atom is 0.223 e. The van der Waals surface area contributed by atoms with E-state index in [1.165, 1.54) is 0 Å². The Labute approximate surface area is 278 Å². The van der Waals surface area contributed by atoms with E-state index < -0.39 is 12.1 Å². The van der Waals surface area contributed by atoms with E-state index in [0.29, 0.717) is 50.8 Å². The molecule has 46 heavy (non-hydrogen) atoms. The fraction of sp³-hybridized carbons (Fsp3) is 0.750. The van der Waals surface area contributed by atoms with E-state index in [-0.39, 0.29) is 29.1 Å². The summed E-state index contributed by atoms with van der Waals surface area (Å²) in [7, 11) is 3.32. The zero-order chi connectivity index (χ0) is 34.3. The standard InChI is InChI=1S/C36H63N5O5/c1-10-11-13-29-22-41(40-39-29)24-36(6,7)23-38-35(43)30(26(4)5)21-32(42)31(37)20-28(25(2)3)18-27-14-15-33(45-9)34(19-27)46-17-12-16-44-8/h14-15,19,22,25-26,28,30-32,42H,10-13,16-18,20-21,23-24,37H2,1-9H3,(H,38,43)/t28-,30-,31-,32-/m0/s1. The van der Waals surface area contributed by atoms with Crippen LogP contribution in [0.25, 0.3) is 0 Å². The second-order valence-corrected chi connectivity index (χ2v) is 14.3. The summed E-state index contributed by atoms with van der Waals surface area (Å²) >= 11 is 0. The van der Waals surface area contributed by atoms with Crippen LogP contribution in [0.5, 0.6) is 11.5 Å². The summed E-state index contributed by atoms with van der Waals surface area (Å²) in [5.41, 5.74) is 8.55. The van der Waals surface area contributed by atoms with Crippen LogP contribution in [0, 0.1) is 29.1 Å². The molecular formula is C36H63N5O5. The molecule has 1 heterocycles. The SMILES string of the molecule is CCCCc1cn(CC(C)(C)CNC(=O)[C@@H](C[C@H](O)[C@@H](N)C[C@H](Cc2ccc(OC)c(OCCCOC)c2)C(C)C)C(C)C)nn1. The van der Waals surface area contributed by atoms with E-state index in [2.05, 4.69) is 56.3 Å². The number of amides is 1. The van der Waals surface area contributed by atoms with Gasteiger partial charge in [0.25, 0.3) is 0 Å². The number of aryl methyl sites for hydroxylation is 1. The number of nitrogens with two attached hydrogens (primary N) is 1. The van der Waals surface area contributed by atoms with E-state index >= 15 is 0 Å². The molecule has 262 valence electrons. The zero-order valence-electron chi connectivity index (χ0n) is 30.1. The highest BCUT2D eigenvalue weighted by Crippen LogP contribution is 2.32. The van der Waals surface area contributed by atoms with Crippen LogP contribution in [-0.2, 0) is 28.9 Å². The molecule has 0 fully saturated rings. The molecule has 1 amide bonds. The summed E-state index contributed by atoms with van der Waals surface area (Å²) in [5, 5.41) is 23.0. The summed E-state index contributed by atoms with van der Waals surface area (Å²) in [4.78, 5) is 13.4. The molecule has 2 rings (SSSR count). The van der Waals surface area contributed by atoms with Gasteiger partial charge in [0.2, 0.25) is 5.91 Å². The van der Waals surface area contributed by atoms with Gasteiger partial charge in [-0.2, -0.15) is 0 Å². The summed E-state index contributed by atoms with van der Waals surface area (Å²) in [6, 6.07) is 5.59. The average molecular weight is 646 g/mol. The Morgan fingerprint density at radius 3 is 2.43 bits per heavy atom. The van der Waals surface area contributed by atoms with Crippen molar-refractivity contribution in [1.29, 1.82) is 0 Å². The lowest BCUT2D eigenvalue weighted by Gasteiger charge is -2.31. The van der Waals surface area contributed by atoms with E-state index in [1.54, 1.807) is 14.2 Å². The maximum absolute atomic E-state index is 13.4. The van der Waals surface area contributed by atoms with E-state index in [0.717, 1.165) is 49.1 Å². The van der Waals surface area contributed by atoms with Gasteiger partial charge in [0.1, 0.15) is 0 Å². The van der Waals surface area contributed by atoms with Crippen LogP contribution in [0.4, 0.5) is 0 Å². The first-order chi connectivity index (χ1) is 21.8.